The Hall–Kier alpha value is -2.08. The lowest BCUT2D eigenvalue weighted by Gasteiger charge is -2.13. The van der Waals surface area contributed by atoms with E-state index in [-0.39, 0.29) is 0 Å². The SMILES string of the molecule is C1=CC(c2ccccc2-c2ccccc2)=C1. The van der Waals surface area contributed by atoms with Crippen LogP contribution in [0.25, 0.3) is 16.7 Å². The van der Waals surface area contributed by atoms with Crippen molar-refractivity contribution in [3.05, 3.63) is 78.4 Å². The third-order valence-corrected chi connectivity index (χ3v) is 2.87. The summed E-state index contributed by atoms with van der Waals surface area (Å²) in [6, 6.07) is 19.1. The molecule has 0 aromatic heterocycles. The van der Waals surface area contributed by atoms with Gasteiger partial charge in [0, 0.05) is 0 Å². The largest absolute Gasteiger partial charge is 0.0622 e. The second-order valence-corrected chi connectivity index (χ2v) is 3.89. The Balaban J connectivity index is 2.14. The van der Waals surface area contributed by atoms with E-state index in [4.69, 9.17) is 0 Å². The molecule has 0 heterocycles. The van der Waals surface area contributed by atoms with Crippen LogP contribution in [0.3, 0.4) is 0 Å². The molecule has 0 fully saturated rings. The summed E-state index contributed by atoms with van der Waals surface area (Å²) in [6.45, 7) is 0. The Morgan fingerprint density at radius 1 is 0.625 bits per heavy atom. The zero-order valence-electron chi connectivity index (χ0n) is 8.93. The van der Waals surface area contributed by atoms with Gasteiger partial charge in [0.05, 0.1) is 0 Å². The molecule has 0 bridgehead atoms. The molecule has 0 radical (unpaired) electrons. The first-order valence-electron chi connectivity index (χ1n) is 5.48. The van der Waals surface area contributed by atoms with Gasteiger partial charge in [0.25, 0.3) is 0 Å². The fourth-order valence-corrected chi connectivity index (χ4v) is 1.98. The predicted octanol–water partition coefficient (Wildman–Crippen LogP) is 4.31. The van der Waals surface area contributed by atoms with Crippen molar-refractivity contribution < 1.29 is 0 Å². The molecule has 16 heavy (non-hydrogen) atoms. The van der Waals surface area contributed by atoms with Crippen LogP contribution >= 0.6 is 0 Å². The molecule has 0 saturated heterocycles. The molecule has 1 aliphatic rings. The summed E-state index contributed by atoms with van der Waals surface area (Å²) in [6.07, 6.45) is 6.39. The van der Waals surface area contributed by atoms with Crippen LogP contribution in [-0.2, 0) is 0 Å². The average molecular weight is 204 g/mol. The van der Waals surface area contributed by atoms with E-state index in [1.54, 1.807) is 0 Å². The molecular weight excluding hydrogens is 192 g/mol. The fourth-order valence-electron chi connectivity index (χ4n) is 1.98. The molecule has 0 nitrogen and oxygen atoms in total. The highest BCUT2D eigenvalue weighted by Crippen LogP contribution is 2.31. The van der Waals surface area contributed by atoms with Gasteiger partial charge in [-0.1, -0.05) is 72.8 Å². The van der Waals surface area contributed by atoms with E-state index in [2.05, 4.69) is 72.8 Å². The minimum Gasteiger partial charge on any atom is -0.0622 e. The molecule has 2 aromatic rings. The Labute approximate surface area is 95.6 Å². The van der Waals surface area contributed by atoms with Crippen molar-refractivity contribution in [2.24, 2.45) is 0 Å². The van der Waals surface area contributed by atoms with Gasteiger partial charge in [-0.25, -0.2) is 0 Å². The first kappa shape index (κ1) is 9.17. The summed E-state index contributed by atoms with van der Waals surface area (Å²) in [4.78, 5) is 0. The van der Waals surface area contributed by atoms with E-state index in [1.165, 1.54) is 22.3 Å². The molecular formula is C16H12. The van der Waals surface area contributed by atoms with E-state index in [0.717, 1.165) is 0 Å². The molecule has 0 N–H and O–H groups in total. The van der Waals surface area contributed by atoms with E-state index in [0.29, 0.717) is 0 Å². The van der Waals surface area contributed by atoms with E-state index in [9.17, 15) is 0 Å². The van der Waals surface area contributed by atoms with Gasteiger partial charge < -0.3 is 0 Å². The highest BCUT2D eigenvalue weighted by Gasteiger charge is 2.08. The summed E-state index contributed by atoms with van der Waals surface area (Å²) in [5.74, 6) is 0. The number of hydrogen-bond acceptors (Lipinski definition) is 0. The predicted molar refractivity (Wildman–Crippen MR) is 69.0 cm³/mol. The summed E-state index contributed by atoms with van der Waals surface area (Å²) in [5, 5.41) is 0. The number of rotatable bonds is 2. The van der Waals surface area contributed by atoms with Gasteiger partial charge in [-0.2, -0.15) is 0 Å². The monoisotopic (exact) mass is 204 g/mol. The molecule has 0 atom stereocenters. The van der Waals surface area contributed by atoms with Crippen molar-refractivity contribution >= 4 is 5.57 Å². The van der Waals surface area contributed by atoms with Crippen molar-refractivity contribution in [2.75, 3.05) is 0 Å². The molecule has 76 valence electrons. The first-order valence-corrected chi connectivity index (χ1v) is 5.48. The van der Waals surface area contributed by atoms with Crippen LogP contribution in [-0.4, -0.2) is 0 Å². The molecule has 0 heteroatoms. The number of hydrogen-bond donors (Lipinski definition) is 0. The third-order valence-electron chi connectivity index (χ3n) is 2.87. The fraction of sp³-hybridized carbons (Fsp3) is 0. The van der Waals surface area contributed by atoms with Crippen LogP contribution in [0.4, 0.5) is 0 Å². The van der Waals surface area contributed by atoms with E-state index >= 15 is 0 Å². The van der Waals surface area contributed by atoms with Crippen molar-refractivity contribution in [1.29, 1.82) is 0 Å². The van der Waals surface area contributed by atoms with Crippen LogP contribution in [0.15, 0.2) is 72.8 Å². The minimum atomic E-state index is 1.28. The van der Waals surface area contributed by atoms with Gasteiger partial charge in [-0.05, 0) is 22.3 Å². The summed E-state index contributed by atoms with van der Waals surface area (Å²) >= 11 is 0. The standard InChI is InChI=1S/C16H12/c1-2-7-13(8-3-1)15-11-4-5-12-16(15)14-9-6-10-14/h1-12H. The molecule has 3 rings (SSSR count). The van der Waals surface area contributed by atoms with Gasteiger partial charge in [-0.15, -0.1) is 0 Å². The molecule has 2 aromatic carbocycles. The maximum absolute atomic E-state index is 2.18. The highest BCUT2D eigenvalue weighted by molar-refractivity contribution is 5.89. The maximum atomic E-state index is 2.18. The average Bonchev–Trinajstić information content (AvgIpc) is 2.29. The lowest BCUT2D eigenvalue weighted by molar-refractivity contribution is 1.55. The maximum Gasteiger partial charge on any atom is -0.0105 e. The van der Waals surface area contributed by atoms with E-state index < -0.39 is 0 Å². The Bertz CT molecular complexity index is 560. The quantitative estimate of drug-likeness (QED) is 0.684. The van der Waals surface area contributed by atoms with E-state index in [1.807, 2.05) is 0 Å². The highest BCUT2D eigenvalue weighted by atomic mass is 14.1. The number of benzene rings is 2. The van der Waals surface area contributed by atoms with Gasteiger partial charge in [0.2, 0.25) is 0 Å². The molecule has 0 unspecified atom stereocenters. The van der Waals surface area contributed by atoms with Crippen LogP contribution in [0.5, 0.6) is 0 Å². The zero-order chi connectivity index (χ0) is 10.8. The van der Waals surface area contributed by atoms with Gasteiger partial charge in [-0.3, -0.25) is 0 Å². The topological polar surface area (TPSA) is 0 Å². The lowest BCUT2D eigenvalue weighted by atomic mass is 9.91. The van der Waals surface area contributed by atoms with Crippen LogP contribution in [0.1, 0.15) is 5.56 Å². The molecule has 1 aliphatic carbocycles. The molecule has 0 spiro atoms. The molecule has 0 amide bonds. The Morgan fingerprint density at radius 3 is 1.88 bits per heavy atom. The van der Waals surface area contributed by atoms with Gasteiger partial charge in [0.15, 0.2) is 0 Å². The smallest absolute Gasteiger partial charge is 0.0105 e. The summed E-state index contributed by atoms with van der Waals surface area (Å²) < 4.78 is 0. The van der Waals surface area contributed by atoms with Gasteiger partial charge in [0.1, 0.15) is 0 Å². The van der Waals surface area contributed by atoms with Crippen molar-refractivity contribution in [2.45, 2.75) is 0 Å². The van der Waals surface area contributed by atoms with Crippen LogP contribution in [0.2, 0.25) is 0 Å². The second-order valence-electron chi connectivity index (χ2n) is 3.89. The van der Waals surface area contributed by atoms with Crippen LogP contribution in [0, 0.1) is 0 Å². The first-order chi connectivity index (χ1) is 7.95. The normalized spacial score (nSPS) is 13.1. The van der Waals surface area contributed by atoms with Gasteiger partial charge >= 0.3 is 0 Å². The molecule has 0 saturated carbocycles. The number of allylic oxidation sites excluding steroid dienone is 4. The lowest BCUT2D eigenvalue weighted by Crippen LogP contribution is -1.90. The Kier molecular flexibility index (Phi) is 2.19. The zero-order valence-corrected chi connectivity index (χ0v) is 8.93. The van der Waals surface area contributed by atoms with Crippen molar-refractivity contribution in [1.82, 2.24) is 0 Å². The van der Waals surface area contributed by atoms with Crippen molar-refractivity contribution in [3.63, 3.8) is 0 Å². The molecule has 0 aliphatic heterocycles. The third kappa shape index (κ3) is 1.49. The second kappa shape index (κ2) is 3.82. The summed E-state index contributed by atoms with van der Waals surface area (Å²) in [7, 11) is 0. The van der Waals surface area contributed by atoms with Crippen molar-refractivity contribution in [3.8, 4) is 11.1 Å². The Morgan fingerprint density at radius 2 is 1.25 bits per heavy atom. The summed E-state index contributed by atoms with van der Waals surface area (Å²) in [5.41, 5.74) is 5.22. The van der Waals surface area contributed by atoms with Crippen LogP contribution < -0.4 is 0 Å². The minimum absolute atomic E-state index is 1.28.